The van der Waals surface area contributed by atoms with Crippen molar-refractivity contribution in [2.75, 3.05) is 0 Å². The summed E-state index contributed by atoms with van der Waals surface area (Å²) in [4.78, 5) is 0. The van der Waals surface area contributed by atoms with Crippen molar-refractivity contribution >= 4 is 11.6 Å². The first-order valence-electron chi connectivity index (χ1n) is 3.89. The molecule has 0 saturated carbocycles. The molecule has 0 bridgehead atoms. The highest BCUT2D eigenvalue weighted by atomic mass is 35.5. The maximum absolute atomic E-state index is 8.48. The monoisotopic (exact) mass is 181 g/mol. The number of nitrogens with zero attached hydrogens (tertiary/aromatic N) is 1. The summed E-state index contributed by atoms with van der Waals surface area (Å²) in [6, 6.07) is 7.29. The van der Waals surface area contributed by atoms with Crippen molar-refractivity contribution in [3.63, 3.8) is 0 Å². The van der Waals surface area contributed by atoms with E-state index >= 15 is 0 Å². The second kappa shape index (κ2) is 5.62. The van der Waals surface area contributed by atoms with E-state index in [4.69, 9.17) is 16.9 Å². The SMILES string of the molecule is CC.Cc1cc(Cl)cc(C#N)c1. The first-order valence-corrected chi connectivity index (χ1v) is 4.27. The molecule has 1 rings (SSSR count). The molecule has 0 aliphatic heterocycles. The summed E-state index contributed by atoms with van der Waals surface area (Å²) in [7, 11) is 0. The third-order valence-electron chi connectivity index (χ3n) is 1.17. The summed E-state index contributed by atoms with van der Waals surface area (Å²) in [6.07, 6.45) is 0. The Hall–Kier alpha value is -1.00. The van der Waals surface area contributed by atoms with Gasteiger partial charge in [-0.25, -0.2) is 0 Å². The fourth-order valence-electron chi connectivity index (χ4n) is 0.801. The minimum atomic E-state index is 0.616. The lowest BCUT2D eigenvalue weighted by molar-refractivity contribution is 1.42. The molecule has 0 heterocycles. The van der Waals surface area contributed by atoms with E-state index in [9.17, 15) is 0 Å². The predicted octanol–water partition coefficient (Wildman–Crippen LogP) is 3.55. The van der Waals surface area contributed by atoms with Crippen molar-refractivity contribution in [3.05, 3.63) is 34.3 Å². The van der Waals surface area contributed by atoms with Crippen LogP contribution in [0.25, 0.3) is 0 Å². The molecule has 0 N–H and O–H groups in total. The molecule has 0 aliphatic carbocycles. The van der Waals surface area contributed by atoms with Gasteiger partial charge < -0.3 is 0 Å². The van der Waals surface area contributed by atoms with Crippen molar-refractivity contribution in [3.8, 4) is 6.07 Å². The van der Waals surface area contributed by atoms with E-state index in [-0.39, 0.29) is 0 Å². The first kappa shape index (κ1) is 11.0. The van der Waals surface area contributed by atoms with Gasteiger partial charge in [0.15, 0.2) is 0 Å². The molecule has 0 radical (unpaired) electrons. The highest BCUT2D eigenvalue weighted by Gasteiger charge is 1.93. The van der Waals surface area contributed by atoms with Crippen LogP contribution in [0.3, 0.4) is 0 Å². The molecule has 2 heteroatoms. The van der Waals surface area contributed by atoms with E-state index in [1.165, 1.54) is 0 Å². The van der Waals surface area contributed by atoms with Gasteiger partial charge in [0.05, 0.1) is 11.6 Å². The third-order valence-corrected chi connectivity index (χ3v) is 1.39. The van der Waals surface area contributed by atoms with Gasteiger partial charge in [-0.2, -0.15) is 5.26 Å². The summed E-state index contributed by atoms with van der Waals surface area (Å²) in [5, 5.41) is 9.10. The van der Waals surface area contributed by atoms with Crippen molar-refractivity contribution in [1.29, 1.82) is 5.26 Å². The minimum absolute atomic E-state index is 0.616. The Balaban J connectivity index is 0.000000561. The summed E-state index contributed by atoms with van der Waals surface area (Å²) in [5.41, 5.74) is 1.63. The normalized spacial score (nSPS) is 7.92. The summed E-state index contributed by atoms with van der Waals surface area (Å²) >= 11 is 5.68. The van der Waals surface area contributed by atoms with E-state index in [0.29, 0.717) is 10.6 Å². The molecule has 0 amide bonds. The lowest BCUT2D eigenvalue weighted by atomic mass is 10.2. The van der Waals surface area contributed by atoms with Gasteiger partial charge in [-0.15, -0.1) is 0 Å². The largest absolute Gasteiger partial charge is 0.192 e. The number of halogens is 1. The van der Waals surface area contributed by atoms with Gasteiger partial charge in [0.1, 0.15) is 0 Å². The summed E-state index contributed by atoms with van der Waals surface area (Å²) < 4.78 is 0. The molecule has 0 aliphatic rings. The minimum Gasteiger partial charge on any atom is -0.192 e. The smallest absolute Gasteiger partial charge is 0.0992 e. The molecule has 0 spiro atoms. The number of aryl methyl sites for hydroxylation is 1. The van der Waals surface area contributed by atoms with Gasteiger partial charge in [-0.3, -0.25) is 0 Å². The Morgan fingerprint density at radius 2 is 1.83 bits per heavy atom. The fraction of sp³-hybridized carbons (Fsp3) is 0.300. The number of benzene rings is 1. The molecule has 0 aromatic heterocycles. The van der Waals surface area contributed by atoms with E-state index in [0.717, 1.165) is 5.56 Å². The molecule has 0 atom stereocenters. The van der Waals surface area contributed by atoms with Gasteiger partial charge in [0.2, 0.25) is 0 Å². The van der Waals surface area contributed by atoms with Crippen LogP contribution < -0.4 is 0 Å². The molecule has 1 aromatic carbocycles. The van der Waals surface area contributed by atoms with Crippen LogP contribution in [0.15, 0.2) is 18.2 Å². The van der Waals surface area contributed by atoms with Crippen LogP contribution in [-0.4, -0.2) is 0 Å². The van der Waals surface area contributed by atoms with Crippen LogP contribution >= 0.6 is 11.6 Å². The summed E-state index contributed by atoms with van der Waals surface area (Å²) in [5.74, 6) is 0. The Morgan fingerprint density at radius 1 is 1.25 bits per heavy atom. The van der Waals surface area contributed by atoms with Gasteiger partial charge in [0, 0.05) is 5.02 Å². The number of nitriles is 1. The van der Waals surface area contributed by atoms with Crippen LogP contribution in [0.2, 0.25) is 5.02 Å². The summed E-state index contributed by atoms with van der Waals surface area (Å²) in [6.45, 7) is 5.91. The maximum atomic E-state index is 8.48. The molecule has 0 fully saturated rings. The Bertz CT molecular complexity index is 266. The van der Waals surface area contributed by atoms with Gasteiger partial charge in [-0.1, -0.05) is 25.4 Å². The lowest BCUT2D eigenvalue weighted by Gasteiger charge is -1.93. The van der Waals surface area contributed by atoms with Crippen LogP contribution in [0, 0.1) is 18.3 Å². The predicted molar refractivity (Wildman–Crippen MR) is 52.3 cm³/mol. The third kappa shape index (κ3) is 3.41. The maximum Gasteiger partial charge on any atom is 0.0992 e. The lowest BCUT2D eigenvalue weighted by Crippen LogP contribution is -1.76. The first-order chi connectivity index (χ1) is 5.72. The van der Waals surface area contributed by atoms with Crippen LogP contribution in [0.5, 0.6) is 0 Å². The van der Waals surface area contributed by atoms with E-state index in [1.807, 2.05) is 32.9 Å². The van der Waals surface area contributed by atoms with Gasteiger partial charge in [-0.05, 0) is 30.7 Å². The van der Waals surface area contributed by atoms with Crippen LogP contribution in [-0.2, 0) is 0 Å². The average Bonchev–Trinajstić information content (AvgIpc) is 2.06. The Labute approximate surface area is 78.6 Å². The number of hydrogen-bond donors (Lipinski definition) is 0. The van der Waals surface area contributed by atoms with Crippen molar-refractivity contribution < 1.29 is 0 Å². The number of rotatable bonds is 0. The number of hydrogen-bond acceptors (Lipinski definition) is 1. The highest BCUT2D eigenvalue weighted by Crippen LogP contribution is 2.13. The van der Waals surface area contributed by atoms with E-state index in [2.05, 4.69) is 0 Å². The molecule has 1 nitrogen and oxygen atoms in total. The van der Waals surface area contributed by atoms with Crippen molar-refractivity contribution in [1.82, 2.24) is 0 Å². The van der Waals surface area contributed by atoms with Crippen molar-refractivity contribution in [2.24, 2.45) is 0 Å². The zero-order valence-corrected chi connectivity index (χ0v) is 8.31. The topological polar surface area (TPSA) is 23.8 Å². The molecular weight excluding hydrogens is 170 g/mol. The second-order valence-corrected chi connectivity index (χ2v) is 2.57. The van der Waals surface area contributed by atoms with Crippen molar-refractivity contribution in [2.45, 2.75) is 20.8 Å². The quantitative estimate of drug-likeness (QED) is 0.601. The second-order valence-electron chi connectivity index (χ2n) is 2.13. The zero-order chi connectivity index (χ0) is 9.56. The Kier molecular flexibility index (Phi) is 5.16. The molecule has 0 unspecified atom stereocenters. The zero-order valence-electron chi connectivity index (χ0n) is 7.56. The van der Waals surface area contributed by atoms with Gasteiger partial charge in [0.25, 0.3) is 0 Å². The molecule has 1 aromatic rings. The van der Waals surface area contributed by atoms with E-state index in [1.54, 1.807) is 12.1 Å². The van der Waals surface area contributed by atoms with E-state index < -0.39 is 0 Å². The van der Waals surface area contributed by atoms with Gasteiger partial charge >= 0.3 is 0 Å². The highest BCUT2D eigenvalue weighted by molar-refractivity contribution is 6.30. The molecule has 0 saturated heterocycles. The molecule has 64 valence electrons. The standard InChI is InChI=1S/C8H6ClN.C2H6/c1-6-2-7(5-10)4-8(9)3-6;1-2/h2-4H,1H3;1-2H3. The molecular formula is C10H12ClN. The fourth-order valence-corrected chi connectivity index (χ4v) is 1.09. The average molecular weight is 182 g/mol. The van der Waals surface area contributed by atoms with Crippen LogP contribution in [0.4, 0.5) is 0 Å². The van der Waals surface area contributed by atoms with Crippen LogP contribution in [0.1, 0.15) is 25.0 Å². The molecule has 12 heavy (non-hydrogen) atoms. The Morgan fingerprint density at radius 3 is 2.25 bits per heavy atom.